The van der Waals surface area contributed by atoms with E-state index in [-0.39, 0.29) is 19.1 Å². The standard InChI is InChI=1S/C21H20N2O4/c24-21(15-26-17-9-5-2-6-10-17)23-12-11-18-19(13-23)27-20(22-18)14-25-16-7-3-1-4-8-16/h1-10H,11-15H2. The number of hydrogen-bond donors (Lipinski definition) is 0. The van der Waals surface area contributed by atoms with E-state index in [1.165, 1.54) is 0 Å². The van der Waals surface area contributed by atoms with E-state index >= 15 is 0 Å². The summed E-state index contributed by atoms with van der Waals surface area (Å²) in [6, 6.07) is 18.8. The molecule has 0 fully saturated rings. The van der Waals surface area contributed by atoms with Crippen LogP contribution in [0, 0.1) is 0 Å². The number of para-hydroxylation sites is 2. The smallest absolute Gasteiger partial charge is 0.260 e. The summed E-state index contributed by atoms with van der Waals surface area (Å²) in [5.41, 5.74) is 0.898. The topological polar surface area (TPSA) is 64.8 Å². The van der Waals surface area contributed by atoms with Crippen molar-refractivity contribution in [1.82, 2.24) is 9.88 Å². The number of ether oxygens (including phenoxy) is 2. The molecule has 1 aromatic heterocycles. The quantitative estimate of drug-likeness (QED) is 0.672. The second-order valence-electron chi connectivity index (χ2n) is 6.25. The largest absolute Gasteiger partial charge is 0.484 e. The highest BCUT2D eigenvalue weighted by Gasteiger charge is 2.25. The molecule has 4 rings (SSSR count). The van der Waals surface area contributed by atoms with Gasteiger partial charge in [-0.15, -0.1) is 0 Å². The minimum atomic E-state index is -0.0667. The van der Waals surface area contributed by atoms with Crippen molar-refractivity contribution in [1.29, 1.82) is 0 Å². The zero-order chi connectivity index (χ0) is 18.5. The Morgan fingerprint density at radius 3 is 2.37 bits per heavy atom. The number of aromatic nitrogens is 1. The lowest BCUT2D eigenvalue weighted by Crippen LogP contribution is -2.38. The maximum atomic E-state index is 12.4. The molecule has 2 heterocycles. The number of benzene rings is 2. The average Bonchev–Trinajstić information content (AvgIpc) is 3.14. The minimum absolute atomic E-state index is 0.0114. The zero-order valence-electron chi connectivity index (χ0n) is 14.8. The normalized spacial score (nSPS) is 13.1. The zero-order valence-corrected chi connectivity index (χ0v) is 14.8. The Balaban J connectivity index is 1.32. The van der Waals surface area contributed by atoms with E-state index in [0.717, 1.165) is 17.2 Å². The highest BCUT2D eigenvalue weighted by Crippen LogP contribution is 2.21. The van der Waals surface area contributed by atoms with Crippen molar-refractivity contribution in [2.24, 2.45) is 0 Å². The molecule has 0 N–H and O–H groups in total. The maximum absolute atomic E-state index is 12.4. The Labute approximate surface area is 157 Å². The third-order valence-corrected chi connectivity index (χ3v) is 4.34. The lowest BCUT2D eigenvalue weighted by Gasteiger charge is -2.25. The summed E-state index contributed by atoms with van der Waals surface area (Å²) >= 11 is 0. The van der Waals surface area contributed by atoms with Gasteiger partial charge in [-0.25, -0.2) is 4.98 Å². The second kappa shape index (κ2) is 7.95. The number of carbonyl (C=O) groups excluding carboxylic acids is 1. The molecule has 138 valence electrons. The van der Waals surface area contributed by atoms with Crippen LogP contribution in [-0.4, -0.2) is 28.9 Å². The molecule has 1 aliphatic heterocycles. The predicted molar refractivity (Wildman–Crippen MR) is 98.3 cm³/mol. The first-order valence-electron chi connectivity index (χ1n) is 8.89. The van der Waals surface area contributed by atoms with Crippen molar-refractivity contribution >= 4 is 5.91 Å². The third kappa shape index (κ3) is 4.28. The van der Waals surface area contributed by atoms with E-state index in [9.17, 15) is 4.79 Å². The molecule has 3 aromatic rings. The van der Waals surface area contributed by atoms with Crippen molar-refractivity contribution in [2.75, 3.05) is 13.2 Å². The van der Waals surface area contributed by atoms with E-state index < -0.39 is 0 Å². The number of amides is 1. The van der Waals surface area contributed by atoms with Crippen molar-refractivity contribution in [3.8, 4) is 11.5 Å². The lowest BCUT2D eigenvalue weighted by atomic mass is 10.1. The van der Waals surface area contributed by atoms with Gasteiger partial charge in [0.05, 0.1) is 12.2 Å². The van der Waals surface area contributed by atoms with Gasteiger partial charge in [0.25, 0.3) is 5.91 Å². The van der Waals surface area contributed by atoms with Crippen molar-refractivity contribution in [2.45, 2.75) is 19.6 Å². The summed E-state index contributed by atoms with van der Waals surface area (Å²) in [6.45, 7) is 1.29. The van der Waals surface area contributed by atoms with Crippen molar-refractivity contribution in [3.05, 3.63) is 78.0 Å². The summed E-state index contributed by atoms with van der Waals surface area (Å²) < 4.78 is 17.0. The van der Waals surface area contributed by atoms with Crippen LogP contribution in [0.5, 0.6) is 11.5 Å². The Morgan fingerprint density at radius 2 is 1.67 bits per heavy atom. The van der Waals surface area contributed by atoms with Crippen LogP contribution in [0.1, 0.15) is 17.3 Å². The molecule has 0 saturated heterocycles. The number of oxazole rings is 1. The van der Waals surface area contributed by atoms with Crippen molar-refractivity contribution < 1.29 is 18.7 Å². The third-order valence-electron chi connectivity index (χ3n) is 4.34. The molecule has 6 heteroatoms. The van der Waals surface area contributed by atoms with E-state index in [4.69, 9.17) is 13.9 Å². The molecule has 1 aliphatic rings. The molecule has 2 aromatic carbocycles. The molecule has 27 heavy (non-hydrogen) atoms. The SMILES string of the molecule is O=C(COc1ccccc1)N1CCc2nc(COc3ccccc3)oc2C1. The van der Waals surface area contributed by atoms with Crippen LogP contribution in [0.2, 0.25) is 0 Å². The Hall–Kier alpha value is -3.28. The molecule has 1 amide bonds. The fourth-order valence-electron chi connectivity index (χ4n) is 2.94. The molecule has 6 nitrogen and oxygen atoms in total. The molecule has 0 unspecified atom stereocenters. The average molecular weight is 364 g/mol. The van der Waals surface area contributed by atoms with Gasteiger partial charge in [0.1, 0.15) is 17.3 Å². The van der Waals surface area contributed by atoms with Crippen LogP contribution in [0.3, 0.4) is 0 Å². The number of carbonyl (C=O) groups is 1. The van der Waals surface area contributed by atoms with Gasteiger partial charge < -0.3 is 18.8 Å². The highest BCUT2D eigenvalue weighted by atomic mass is 16.5. The van der Waals surface area contributed by atoms with Crippen LogP contribution < -0.4 is 9.47 Å². The van der Waals surface area contributed by atoms with Crippen LogP contribution in [0.4, 0.5) is 0 Å². The number of nitrogens with zero attached hydrogens (tertiary/aromatic N) is 2. The summed E-state index contributed by atoms with van der Waals surface area (Å²) in [5.74, 6) is 2.63. The first kappa shape index (κ1) is 17.1. The first-order chi connectivity index (χ1) is 13.3. The van der Waals surface area contributed by atoms with Gasteiger partial charge in [-0.1, -0.05) is 36.4 Å². The summed E-state index contributed by atoms with van der Waals surface area (Å²) in [6.07, 6.45) is 0.668. The Morgan fingerprint density at radius 1 is 1.00 bits per heavy atom. The van der Waals surface area contributed by atoms with E-state index in [1.807, 2.05) is 60.7 Å². The van der Waals surface area contributed by atoms with Crippen LogP contribution in [0.25, 0.3) is 0 Å². The fourth-order valence-corrected chi connectivity index (χ4v) is 2.94. The van der Waals surface area contributed by atoms with E-state index in [0.29, 0.717) is 31.2 Å². The lowest BCUT2D eigenvalue weighted by molar-refractivity contribution is -0.134. The van der Waals surface area contributed by atoms with Crippen LogP contribution in [-0.2, 0) is 24.4 Å². The molecular weight excluding hydrogens is 344 g/mol. The predicted octanol–water partition coefficient (Wildman–Crippen LogP) is 3.22. The summed E-state index contributed by atoms with van der Waals surface area (Å²) in [5, 5.41) is 0. The number of hydrogen-bond acceptors (Lipinski definition) is 5. The Bertz CT molecular complexity index is 893. The van der Waals surface area contributed by atoms with Crippen LogP contribution in [0.15, 0.2) is 65.1 Å². The second-order valence-corrected chi connectivity index (χ2v) is 6.25. The minimum Gasteiger partial charge on any atom is -0.484 e. The molecule has 0 aliphatic carbocycles. The Kier molecular flexibility index (Phi) is 5.05. The first-order valence-corrected chi connectivity index (χ1v) is 8.89. The molecule has 0 atom stereocenters. The molecule has 0 radical (unpaired) electrons. The van der Waals surface area contributed by atoms with E-state index in [2.05, 4.69) is 4.98 Å². The molecular formula is C21H20N2O4. The van der Waals surface area contributed by atoms with Gasteiger partial charge in [-0.2, -0.15) is 0 Å². The van der Waals surface area contributed by atoms with Gasteiger partial charge in [-0.3, -0.25) is 4.79 Å². The molecule has 0 bridgehead atoms. The highest BCUT2D eigenvalue weighted by molar-refractivity contribution is 5.78. The van der Waals surface area contributed by atoms with Gasteiger partial charge in [0.15, 0.2) is 13.2 Å². The summed E-state index contributed by atoms with van der Waals surface area (Å²) in [4.78, 5) is 18.6. The van der Waals surface area contributed by atoms with E-state index in [1.54, 1.807) is 4.90 Å². The van der Waals surface area contributed by atoms with Gasteiger partial charge in [0, 0.05) is 13.0 Å². The van der Waals surface area contributed by atoms with Gasteiger partial charge in [-0.05, 0) is 24.3 Å². The summed E-state index contributed by atoms with van der Waals surface area (Å²) in [7, 11) is 0. The van der Waals surface area contributed by atoms with Gasteiger partial charge in [0.2, 0.25) is 5.89 Å². The number of rotatable bonds is 6. The maximum Gasteiger partial charge on any atom is 0.260 e. The molecule has 0 saturated carbocycles. The van der Waals surface area contributed by atoms with Crippen molar-refractivity contribution in [3.63, 3.8) is 0 Å². The monoisotopic (exact) mass is 364 g/mol. The fraction of sp³-hybridized carbons (Fsp3) is 0.238. The number of fused-ring (bicyclic) bond motifs is 1. The van der Waals surface area contributed by atoms with Crippen LogP contribution >= 0.6 is 0 Å². The van der Waals surface area contributed by atoms with Gasteiger partial charge >= 0.3 is 0 Å². The molecule has 0 spiro atoms.